The molecule has 8 heteroatoms. The molecular weight excluding hydrogens is 428 g/mol. The second-order valence-corrected chi connectivity index (χ2v) is 15.2. The number of methoxy groups -OCH3 is 1. The topological polar surface area (TPSA) is 80.3 Å². The molecule has 0 aromatic carbocycles. The predicted molar refractivity (Wildman–Crippen MR) is 122 cm³/mol. The molecule has 0 aromatic heterocycles. The molecule has 0 amide bonds. The minimum absolute atomic E-state index is 0.232. The third kappa shape index (κ3) is 5.08. The van der Waals surface area contributed by atoms with Crippen LogP contribution in [0.5, 0.6) is 0 Å². The van der Waals surface area contributed by atoms with Crippen molar-refractivity contribution in [2.24, 2.45) is 11.8 Å². The number of hydrogen-bond acceptors (Lipinski definition) is 7. The Morgan fingerprint density at radius 3 is 2.34 bits per heavy atom. The summed E-state index contributed by atoms with van der Waals surface area (Å²) in [6.07, 6.45) is 1.50. The molecular formula is C24H42O7Si. The molecule has 0 N–H and O–H groups in total. The molecule has 0 unspecified atom stereocenters. The van der Waals surface area contributed by atoms with Crippen molar-refractivity contribution in [2.45, 2.75) is 121 Å². The van der Waals surface area contributed by atoms with Crippen LogP contribution in [0.3, 0.4) is 0 Å². The minimum Gasteiger partial charge on any atom is -0.462 e. The van der Waals surface area contributed by atoms with Crippen LogP contribution in [-0.4, -0.2) is 57.1 Å². The van der Waals surface area contributed by atoms with Crippen molar-refractivity contribution >= 4 is 20.3 Å². The van der Waals surface area contributed by atoms with Gasteiger partial charge in [-0.15, -0.1) is 0 Å². The lowest BCUT2D eigenvalue weighted by Gasteiger charge is -2.40. The van der Waals surface area contributed by atoms with E-state index in [-0.39, 0.29) is 36.3 Å². The molecule has 6 atom stereocenters. The van der Waals surface area contributed by atoms with Crippen LogP contribution < -0.4 is 0 Å². The van der Waals surface area contributed by atoms with E-state index >= 15 is 0 Å². The van der Waals surface area contributed by atoms with Crippen LogP contribution in [0.1, 0.15) is 73.6 Å². The Labute approximate surface area is 194 Å². The van der Waals surface area contributed by atoms with Crippen molar-refractivity contribution in [1.82, 2.24) is 0 Å². The zero-order valence-corrected chi connectivity index (χ0v) is 21.9. The van der Waals surface area contributed by atoms with Gasteiger partial charge in [0.05, 0.1) is 24.0 Å². The molecule has 3 aliphatic rings. The lowest BCUT2D eigenvalue weighted by Crippen LogP contribution is -2.50. The van der Waals surface area contributed by atoms with Crippen LogP contribution in [-0.2, 0) is 33.0 Å². The average Bonchev–Trinajstić information content (AvgIpc) is 3.31. The normalized spacial score (nSPS) is 37.4. The van der Waals surface area contributed by atoms with Gasteiger partial charge in [-0.1, -0.05) is 34.6 Å². The van der Waals surface area contributed by atoms with Crippen molar-refractivity contribution in [3.8, 4) is 0 Å². The van der Waals surface area contributed by atoms with Gasteiger partial charge in [0.2, 0.25) is 0 Å². The fraction of sp³-hybridized carbons (Fsp3) is 0.917. The van der Waals surface area contributed by atoms with E-state index in [1.807, 2.05) is 13.8 Å². The molecule has 0 spiro atoms. The van der Waals surface area contributed by atoms with Gasteiger partial charge < -0.3 is 23.4 Å². The van der Waals surface area contributed by atoms with E-state index in [0.29, 0.717) is 12.8 Å². The van der Waals surface area contributed by atoms with Crippen molar-refractivity contribution in [3.05, 3.63) is 0 Å². The van der Waals surface area contributed by atoms with Crippen LogP contribution in [0, 0.1) is 11.8 Å². The van der Waals surface area contributed by atoms with Crippen molar-refractivity contribution in [3.63, 3.8) is 0 Å². The highest BCUT2D eigenvalue weighted by molar-refractivity contribution is 6.73. The largest absolute Gasteiger partial charge is 0.462 e. The van der Waals surface area contributed by atoms with Gasteiger partial charge in [-0.25, -0.2) is 0 Å². The van der Waals surface area contributed by atoms with Gasteiger partial charge in [0.1, 0.15) is 12.2 Å². The predicted octanol–water partition coefficient (Wildman–Crippen LogP) is 4.58. The fourth-order valence-corrected chi connectivity index (χ4v) is 8.51. The van der Waals surface area contributed by atoms with E-state index in [2.05, 4.69) is 27.7 Å². The molecule has 0 saturated carbocycles. The van der Waals surface area contributed by atoms with E-state index < -0.39 is 31.9 Å². The van der Waals surface area contributed by atoms with E-state index in [0.717, 1.165) is 31.0 Å². The first-order chi connectivity index (χ1) is 15.0. The monoisotopic (exact) mass is 470 g/mol. The zero-order chi connectivity index (χ0) is 23.7. The van der Waals surface area contributed by atoms with Crippen LogP contribution >= 0.6 is 0 Å². The number of esters is 2. The first-order valence-electron chi connectivity index (χ1n) is 12.4. The summed E-state index contributed by atoms with van der Waals surface area (Å²) in [5.74, 6) is -1.79. The van der Waals surface area contributed by atoms with Gasteiger partial charge in [0.15, 0.2) is 14.1 Å². The Kier molecular flexibility index (Phi) is 7.80. The van der Waals surface area contributed by atoms with Crippen LogP contribution in [0.15, 0.2) is 0 Å². The van der Waals surface area contributed by atoms with Gasteiger partial charge in [-0.2, -0.15) is 0 Å². The van der Waals surface area contributed by atoms with Gasteiger partial charge in [0.25, 0.3) is 0 Å². The first kappa shape index (κ1) is 25.7. The van der Waals surface area contributed by atoms with Crippen LogP contribution in [0.4, 0.5) is 0 Å². The Morgan fingerprint density at radius 2 is 1.78 bits per heavy atom. The van der Waals surface area contributed by atoms with E-state index in [4.69, 9.17) is 23.4 Å². The highest BCUT2D eigenvalue weighted by atomic mass is 28.4. The lowest BCUT2D eigenvalue weighted by molar-refractivity contribution is -0.251. The lowest BCUT2D eigenvalue weighted by atomic mass is 9.81. The van der Waals surface area contributed by atoms with Crippen molar-refractivity contribution in [2.75, 3.05) is 7.11 Å². The molecule has 32 heavy (non-hydrogen) atoms. The highest BCUT2D eigenvalue weighted by Crippen LogP contribution is 2.49. The standard InChI is InChI=1S/C24H42O7Si/c1-8-32(9-2,10-3)30-19-15-24(27-7)12-11-23(6,31-24)14-18(28-22(26)16(4)5)17-13-20(25)29-21(17)19/h16-19,21H,8-15H2,1-7H3/t17-,18-,19-,21+,23-,24+/m1/s1. The van der Waals surface area contributed by atoms with Crippen LogP contribution in [0.25, 0.3) is 0 Å². The third-order valence-electron chi connectivity index (χ3n) is 7.99. The molecule has 3 rings (SSSR count). The Balaban J connectivity index is 2.03. The summed E-state index contributed by atoms with van der Waals surface area (Å²) in [7, 11) is -0.337. The number of hydrogen-bond donors (Lipinski definition) is 0. The third-order valence-corrected chi connectivity index (χ3v) is 12.7. The summed E-state index contributed by atoms with van der Waals surface area (Å²) in [6, 6.07) is 2.98. The average molecular weight is 471 g/mol. The molecule has 7 nitrogen and oxygen atoms in total. The molecule has 0 aromatic rings. The number of rotatable bonds is 8. The summed E-state index contributed by atoms with van der Waals surface area (Å²) in [6.45, 7) is 12.3. The number of fused-ring (bicyclic) bond motifs is 3. The maximum Gasteiger partial charge on any atom is 0.308 e. The van der Waals surface area contributed by atoms with Crippen molar-refractivity contribution < 1.29 is 33.0 Å². The fourth-order valence-electron chi connectivity index (χ4n) is 5.65. The second kappa shape index (κ2) is 9.72. The van der Waals surface area contributed by atoms with E-state index in [1.165, 1.54) is 0 Å². The van der Waals surface area contributed by atoms with E-state index in [9.17, 15) is 9.59 Å². The highest BCUT2D eigenvalue weighted by Gasteiger charge is 2.58. The molecule has 3 saturated heterocycles. The van der Waals surface area contributed by atoms with E-state index in [1.54, 1.807) is 7.11 Å². The molecule has 2 bridgehead atoms. The molecule has 184 valence electrons. The van der Waals surface area contributed by atoms with Gasteiger partial charge in [-0.05, 0) is 31.5 Å². The minimum atomic E-state index is -2.02. The molecule has 0 radical (unpaired) electrons. The molecule has 3 fully saturated rings. The maximum atomic E-state index is 12.6. The maximum absolute atomic E-state index is 12.6. The van der Waals surface area contributed by atoms with Gasteiger partial charge in [0, 0.05) is 32.3 Å². The summed E-state index contributed by atoms with van der Waals surface area (Å²) < 4.78 is 31.4. The Bertz CT molecular complexity index is 686. The smallest absolute Gasteiger partial charge is 0.308 e. The Morgan fingerprint density at radius 1 is 1.12 bits per heavy atom. The quantitative estimate of drug-likeness (QED) is 0.379. The van der Waals surface area contributed by atoms with Crippen molar-refractivity contribution in [1.29, 1.82) is 0 Å². The number of ether oxygens (including phenoxy) is 4. The van der Waals surface area contributed by atoms with Gasteiger partial charge >= 0.3 is 11.9 Å². The molecule has 3 aliphatic heterocycles. The number of carbonyl (C=O) groups excluding carboxylic acids is 2. The summed E-state index contributed by atoms with van der Waals surface area (Å²) >= 11 is 0. The number of carbonyl (C=O) groups is 2. The Hall–Kier alpha value is -0.963. The first-order valence-corrected chi connectivity index (χ1v) is 14.9. The molecule has 3 heterocycles. The summed E-state index contributed by atoms with van der Waals surface area (Å²) in [5, 5.41) is 0. The SMILES string of the molecule is CC[Si](CC)(CC)O[C@@H]1C[C@]2(OC)CC[C@](C)(C[C@@H](OC(=O)C(C)C)[C@H]3CC(=O)O[C@@H]31)O2. The molecule has 0 aliphatic carbocycles. The summed E-state index contributed by atoms with van der Waals surface area (Å²) in [5.41, 5.74) is -0.502. The summed E-state index contributed by atoms with van der Waals surface area (Å²) in [4.78, 5) is 25.1. The van der Waals surface area contributed by atoms with Gasteiger partial charge in [-0.3, -0.25) is 9.59 Å². The second-order valence-electron chi connectivity index (χ2n) is 10.4. The van der Waals surface area contributed by atoms with Crippen LogP contribution in [0.2, 0.25) is 18.1 Å². The zero-order valence-electron chi connectivity index (χ0n) is 20.9.